The Morgan fingerprint density at radius 2 is 1.88 bits per heavy atom. The van der Waals surface area contributed by atoms with Gasteiger partial charge in [-0.25, -0.2) is 4.98 Å². The molecule has 26 heavy (non-hydrogen) atoms. The highest BCUT2D eigenvalue weighted by atomic mass is 79.9. The number of hydrogen-bond acceptors (Lipinski definition) is 4. The van der Waals surface area contributed by atoms with E-state index in [2.05, 4.69) is 88.1 Å². The molecule has 0 amide bonds. The molecule has 0 saturated carbocycles. The SMILES string of the molecule is CCc1nc2c(c3ccc(-c4cccc(SBr)c4)cc13)CN(C)CN2C. The number of fused-ring (bicyclic) bond motifs is 3. The van der Waals surface area contributed by atoms with Crippen LogP contribution in [0.3, 0.4) is 0 Å². The largest absolute Gasteiger partial charge is 0.346 e. The van der Waals surface area contributed by atoms with Gasteiger partial charge < -0.3 is 4.90 Å². The first-order valence-corrected chi connectivity index (χ1v) is 11.5. The summed E-state index contributed by atoms with van der Waals surface area (Å²) < 4.78 is 0. The number of nitrogens with zero attached hydrogens (tertiary/aromatic N) is 3. The fourth-order valence-electron chi connectivity index (χ4n) is 3.82. The molecule has 0 bridgehead atoms. The van der Waals surface area contributed by atoms with Gasteiger partial charge in [0.05, 0.1) is 12.4 Å². The molecule has 3 aromatic rings. The molecule has 5 heteroatoms. The lowest BCUT2D eigenvalue weighted by Crippen LogP contribution is -2.38. The molecule has 0 radical (unpaired) electrons. The van der Waals surface area contributed by atoms with Crippen molar-refractivity contribution in [1.29, 1.82) is 0 Å². The van der Waals surface area contributed by atoms with Crippen LogP contribution in [0.2, 0.25) is 0 Å². The maximum atomic E-state index is 5.03. The van der Waals surface area contributed by atoms with Crippen LogP contribution in [0.1, 0.15) is 18.2 Å². The Kier molecular flexibility index (Phi) is 4.95. The molecule has 3 nitrogen and oxygen atoms in total. The molecule has 0 atom stereocenters. The van der Waals surface area contributed by atoms with Crippen molar-refractivity contribution < 1.29 is 0 Å². The lowest BCUT2D eigenvalue weighted by Gasteiger charge is -2.34. The van der Waals surface area contributed by atoms with Gasteiger partial charge in [-0.15, -0.1) is 0 Å². The summed E-state index contributed by atoms with van der Waals surface area (Å²) in [5, 5.41) is 2.62. The van der Waals surface area contributed by atoms with Crippen LogP contribution in [0.15, 0.2) is 47.4 Å². The third-order valence-corrected chi connectivity index (χ3v) is 6.55. The second kappa shape index (κ2) is 7.22. The summed E-state index contributed by atoms with van der Waals surface area (Å²) in [6.07, 6.45) is 0.939. The number of aryl methyl sites for hydroxylation is 1. The number of hydrogen-bond donors (Lipinski definition) is 0. The standard InChI is InChI=1S/C21H22BrN3S/c1-4-20-18-11-15(14-6-5-7-16(10-14)26-22)8-9-17(18)19-12-24(2)13-25(3)21(19)23-20/h5-11H,4,12-13H2,1-3H3. The van der Waals surface area contributed by atoms with Crippen molar-refractivity contribution in [2.24, 2.45) is 0 Å². The van der Waals surface area contributed by atoms with Crippen LogP contribution in [-0.2, 0) is 13.0 Å². The van der Waals surface area contributed by atoms with Gasteiger partial charge in [0.15, 0.2) is 0 Å². The summed E-state index contributed by atoms with van der Waals surface area (Å²) in [4.78, 5) is 10.8. The van der Waals surface area contributed by atoms with E-state index in [9.17, 15) is 0 Å². The van der Waals surface area contributed by atoms with E-state index in [1.54, 1.807) is 10.2 Å². The number of anilines is 1. The van der Waals surface area contributed by atoms with Crippen LogP contribution in [0.25, 0.3) is 21.9 Å². The fraction of sp³-hybridized carbons (Fsp3) is 0.286. The van der Waals surface area contributed by atoms with Gasteiger partial charge in [-0.3, -0.25) is 4.90 Å². The highest BCUT2D eigenvalue weighted by molar-refractivity contribution is 9.50. The molecule has 1 aliphatic rings. The molecule has 134 valence electrons. The number of halogens is 1. The second-order valence-corrected chi connectivity index (χ2v) is 8.53. The van der Waals surface area contributed by atoms with Crippen molar-refractivity contribution in [2.45, 2.75) is 24.8 Å². The predicted octanol–water partition coefficient (Wildman–Crippen LogP) is 5.71. The van der Waals surface area contributed by atoms with Gasteiger partial charge in [0, 0.05) is 29.4 Å². The molecule has 0 unspecified atom stereocenters. The van der Waals surface area contributed by atoms with Crippen LogP contribution in [-0.4, -0.2) is 30.6 Å². The molecule has 0 aliphatic carbocycles. The Morgan fingerprint density at radius 1 is 1.08 bits per heavy atom. The normalized spacial score (nSPS) is 14.7. The monoisotopic (exact) mass is 427 g/mol. The molecule has 1 aliphatic heterocycles. The number of aromatic nitrogens is 1. The van der Waals surface area contributed by atoms with Crippen molar-refractivity contribution in [3.05, 3.63) is 53.7 Å². The Bertz CT molecular complexity index is 973. The van der Waals surface area contributed by atoms with E-state index in [1.165, 1.54) is 38.1 Å². The average molecular weight is 428 g/mol. The number of pyridine rings is 1. The molecule has 4 rings (SSSR count). The molecule has 0 N–H and O–H groups in total. The van der Waals surface area contributed by atoms with Crippen LogP contribution < -0.4 is 4.90 Å². The summed E-state index contributed by atoms with van der Waals surface area (Å²) in [7, 11) is 5.89. The minimum atomic E-state index is 0.920. The van der Waals surface area contributed by atoms with Crippen molar-refractivity contribution in [3.63, 3.8) is 0 Å². The van der Waals surface area contributed by atoms with E-state index in [4.69, 9.17) is 4.98 Å². The highest BCUT2D eigenvalue weighted by Crippen LogP contribution is 2.36. The summed E-state index contributed by atoms with van der Waals surface area (Å²) in [6, 6.07) is 15.5. The molecule has 0 spiro atoms. The van der Waals surface area contributed by atoms with E-state index >= 15 is 0 Å². The van der Waals surface area contributed by atoms with Gasteiger partial charge in [-0.05, 0) is 73.2 Å². The topological polar surface area (TPSA) is 19.4 Å². The van der Waals surface area contributed by atoms with Gasteiger partial charge >= 0.3 is 0 Å². The quantitative estimate of drug-likeness (QED) is 0.532. The van der Waals surface area contributed by atoms with Gasteiger partial charge in [-0.2, -0.15) is 0 Å². The Labute approximate surface area is 166 Å². The summed E-state index contributed by atoms with van der Waals surface area (Å²) in [6.45, 7) is 4.06. The molecule has 1 aromatic heterocycles. The minimum Gasteiger partial charge on any atom is -0.346 e. The lowest BCUT2D eigenvalue weighted by atomic mass is 9.96. The second-order valence-electron chi connectivity index (χ2n) is 6.93. The highest BCUT2D eigenvalue weighted by Gasteiger charge is 2.22. The summed E-state index contributed by atoms with van der Waals surface area (Å²) >= 11 is 3.48. The molecular formula is C21H22BrN3S. The minimum absolute atomic E-state index is 0.920. The van der Waals surface area contributed by atoms with Crippen molar-refractivity contribution >= 4 is 41.6 Å². The predicted molar refractivity (Wildman–Crippen MR) is 116 cm³/mol. The van der Waals surface area contributed by atoms with Gasteiger partial charge in [0.2, 0.25) is 0 Å². The zero-order chi connectivity index (χ0) is 18.3. The first-order chi connectivity index (χ1) is 12.6. The van der Waals surface area contributed by atoms with Crippen LogP contribution in [0.5, 0.6) is 0 Å². The smallest absolute Gasteiger partial charge is 0.134 e. The van der Waals surface area contributed by atoms with Gasteiger partial charge in [0.25, 0.3) is 0 Å². The fourth-order valence-corrected chi connectivity index (χ4v) is 4.72. The van der Waals surface area contributed by atoms with Crippen molar-refractivity contribution in [2.75, 3.05) is 25.7 Å². The zero-order valence-corrected chi connectivity index (χ0v) is 17.7. The van der Waals surface area contributed by atoms with Crippen LogP contribution >= 0.6 is 25.0 Å². The van der Waals surface area contributed by atoms with Crippen molar-refractivity contribution in [3.8, 4) is 11.1 Å². The molecular weight excluding hydrogens is 406 g/mol. The van der Waals surface area contributed by atoms with Crippen molar-refractivity contribution in [1.82, 2.24) is 9.88 Å². The first-order valence-electron chi connectivity index (χ1n) is 8.85. The third kappa shape index (κ3) is 3.13. The lowest BCUT2D eigenvalue weighted by molar-refractivity contribution is 0.315. The maximum Gasteiger partial charge on any atom is 0.134 e. The first kappa shape index (κ1) is 17.8. The molecule has 2 aromatic carbocycles. The molecule has 0 fully saturated rings. The van der Waals surface area contributed by atoms with E-state index in [-0.39, 0.29) is 0 Å². The summed E-state index contributed by atoms with van der Waals surface area (Å²) in [5.41, 5.74) is 5.01. The van der Waals surface area contributed by atoms with Gasteiger partial charge in [-0.1, -0.05) is 31.2 Å². The third-order valence-electron chi connectivity index (χ3n) is 5.00. The maximum absolute atomic E-state index is 5.03. The van der Waals surface area contributed by atoms with Crippen LogP contribution in [0.4, 0.5) is 5.82 Å². The Morgan fingerprint density at radius 3 is 2.65 bits per heavy atom. The number of benzene rings is 2. The number of rotatable bonds is 3. The van der Waals surface area contributed by atoms with Crippen LogP contribution in [0, 0.1) is 0 Å². The van der Waals surface area contributed by atoms with Gasteiger partial charge in [0.1, 0.15) is 5.82 Å². The van der Waals surface area contributed by atoms with E-state index in [0.717, 1.165) is 25.5 Å². The Balaban J connectivity index is 1.92. The van der Waals surface area contributed by atoms with E-state index < -0.39 is 0 Å². The zero-order valence-electron chi connectivity index (χ0n) is 15.3. The average Bonchev–Trinajstić information content (AvgIpc) is 2.67. The molecule has 0 saturated heterocycles. The van der Waals surface area contributed by atoms with E-state index in [0.29, 0.717) is 0 Å². The van der Waals surface area contributed by atoms with E-state index in [1.807, 2.05) is 0 Å². The Hall–Kier alpha value is -1.56. The summed E-state index contributed by atoms with van der Waals surface area (Å²) in [5.74, 6) is 1.14. The molecule has 2 heterocycles.